The molecule has 0 bridgehead atoms. The van der Waals surface area contributed by atoms with Crippen molar-refractivity contribution in [2.45, 2.75) is 12.3 Å². The molecule has 1 aromatic heterocycles. The van der Waals surface area contributed by atoms with E-state index >= 15 is 0 Å². The molecule has 1 aromatic carbocycles. The maximum absolute atomic E-state index is 6.10. The third-order valence-electron chi connectivity index (χ3n) is 2.68. The number of thiophene rings is 1. The molecule has 0 radical (unpaired) electrons. The highest BCUT2D eigenvalue weighted by Gasteiger charge is 2.12. The topological polar surface area (TPSA) is 26.0 Å². The maximum atomic E-state index is 6.10. The van der Waals surface area contributed by atoms with Crippen molar-refractivity contribution in [2.24, 2.45) is 5.73 Å². The zero-order chi connectivity index (χ0) is 11.4. The standard InChI is InChI=1S/C13H14ClNS/c14-12-6-7-16-13(12)8-11(9-15)10-4-2-1-3-5-10/h1-7,11H,8-9,15H2. The predicted molar refractivity (Wildman–Crippen MR) is 71.3 cm³/mol. The van der Waals surface area contributed by atoms with Crippen molar-refractivity contribution in [2.75, 3.05) is 6.54 Å². The lowest BCUT2D eigenvalue weighted by atomic mass is 9.95. The fourth-order valence-electron chi connectivity index (χ4n) is 1.76. The fourth-order valence-corrected chi connectivity index (χ4v) is 2.95. The van der Waals surface area contributed by atoms with Crippen molar-refractivity contribution < 1.29 is 0 Å². The second-order valence-corrected chi connectivity index (χ2v) is 5.15. The molecule has 0 saturated carbocycles. The van der Waals surface area contributed by atoms with Crippen molar-refractivity contribution in [3.8, 4) is 0 Å². The number of rotatable bonds is 4. The van der Waals surface area contributed by atoms with Gasteiger partial charge in [-0.05, 0) is 30.0 Å². The summed E-state index contributed by atoms with van der Waals surface area (Å²) in [5, 5.41) is 2.88. The Morgan fingerprint density at radius 3 is 2.50 bits per heavy atom. The van der Waals surface area contributed by atoms with Crippen molar-refractivity contribution in [3.05, 3.63) is 57.2 Å². The predicted octanol–water partition coefficient (Wildman–Crippen LogP) is 3.69. The monoisotopic (exact) mass is 251 g/mol. The Hall–Kier alpha value is -0.830. The van der Waals surface area contributed by atoms with E-state index in [0.717, 1.165) is 11.4 Å². The Morgan fingerprint density at radius 1 is 1.19 bits per heavy atom. The van der Waals surface area contributed by atoms with Crippen LogP contribution in [0.1, 0.15) is 16.4 Å². The minimum atomic E-state index is 0.359. The molecule has 16 heavy (non-hydrogen) atoms. The molecule has 0 spiro atoms. The maximum Gasteiger partial charge on any atom is 0.0545 e. The summed E-state index contributed by atoms with van der Waals surface area (Å²) in [6.45, 7) is 0.651. The molecule has 0 saturated heterocycles. The molecule has 2 aromatic rings. The highest BCUT2D eigenvalue weighted by Crippen LogP contribution is 2.28. The molecule has 0 aliphatic carbocycles. The summed E-state index contributed by atoms with van der Waals surface area (Å²) in [7, 11) is 0. The lowest BCUT2D eigenvalue weighted by Gasteiger charge is -2.14. The van der Waals surface area contributed by atoms with Gasteiger partial charge >= 0.3 is 0 Å². The average Bonchev–Trinajstić information content (AvgIpc) is 2.73. The molecule has 0 fully saturated rings. The van der Waals surface area contributed by atoms with Gasteiger partial charge in [0.1, 0.15) is 0 Å². The first-order chi connectivity index (χ1) is 7.81. The summed E-state index contributed by atoms with van der Waals surface area (Å²) in [4.78, 5) is 1.22. The van der Waals surface area contributed by atoms with Gasteiger partial charge in [-0.15, -0.1) is 11.3 Å². The zero-order valence-electron chi connectivity index (χ0n) is 8.90. The lowest BCUT2D eigenvalue weighted by Crippen LogP contribution is -2.14. The summed E-state index contributed by atoms with van der Waals surface area (Å²) >= 11 is 7.80. The van der Waals surface area contributed by atoms with E-state index in [2.05, 4.69) is 12.1 Å². The van der Waals surface area contributed by atoms with Crippen LogP contribution < -0.4 is 5.73 Å². The molecule has 1 nitrogen and oxygen atoms in total. The van der Waals surface area contributed by atoms with Crippen molar-refractivity contribution >= 4 is 22.9 Å². The summed E-state index contributed by atoms with van der Waals surface area (Å²) in [5.41, 5.74) is 7.12. The first-order valence-electron chi connectivity index (χ1n) is 5.28. The van der Waals surface area contributed by atoms with Crippen LogP contribution >= 0.6 is 22.9 Å². The minimum Gasteiger partial charge on any atom is -0.330 e. The van der Waals surface area contributed by atoms with Gasteiger partial charge in [0.05, 0.1) is 5.02 Å². The first kappa shape index (κ1) is 11.6. The van der Waals surface area contributed by atoms with Crippen LogP contribution in [0.3, 0.4) is 0 Å². The lowest BCUT2D eigenvalue weighted by molar-refractivity contribution is 0.701. The number of benzene rings is 1. The zero-order valence-corrected chi connectivity index (χ0v) is 10.5. The van der Waals surface area contributed by atoms with Crippen LogP contribution in [0.2, 0.25) is 5.02 Å². The third kappa shape index (κ3) is 2.64. The van der Waals surface area contributed by atoms with Gasteiger partial charge in [0.25, 0.3) is 0 Å². The van der Waals surface area contributed by atoms with Crippen LogP contribution in [0.25, 0.3) is 0 Å². The van der Waals surface area contributed by atoms with Crippen LogP contribution in [0.5, 0.6) is 0 Å². The Morgan fingerprint density at radius 2 is 1.94 bits per heavy atom. The van der Waals surface area contributed by atoms with E-state index < -0.39 is 0 Å². The molecule has 0 amide bonds. The van der Waals surface area contributed by atoms with Gasteiger partial charge in [0.2, 0.25) is 0 Å². The number of halogens is 1. The Balaban J connectivity index is 2.16. The van der Waals surface area contributed by atoms with Crippen molar-refractivity contribution in [1.29, 1.82) is 0 Å². The summed E-state index contributed by atoms with van der Waals surface area (Å²) < 4.78 is 0. The molecule has 2 N–H and O–H groups in total. The molecular weight excluding hydrogens is 238 g/mol. The van der Waals surface area contributed by atoms with Crippen LogP contribution in [0.4, 0.5) is 0 Å². The molecule has 0 aliphatic rings. The van der Waals surface area contributed by atoms with Crippen LogP contribution in [0.15, 0.2) is 41.8 Å². The Kier molecular flexibility index (Phi) is 3.99. The molecule has 1 unspecified atom stereocenters. The van der Waals surface area contributed by atoms with Gasteiger partial charge in [-0.2, -0.15) is 0 Å². The average molecular weight is 252 g/mol. The molecule has 1 atom stereocenters. The first-order valence-corrected chi connectivity index (χ1v) is 6.54. The third-order valence-corrected chi connectivity index (χ3v) is 4.09. The van der Waals surface area contributed by atoms with Crippen LogP contribution in [-0.2, 0) is 6.42 Å². The summed E-state index contributed by atoms with van der Waals surface area (Å²) in [6.07, 6.45) is 0.928. The molecule has 0 aliphatic heterocycles. The van der Waals surface area contributed by atoms with E-state index in [1.807, 2.05) is 29.6 Å². The van der Waals surface area contributed by atoms with Gasteiger partial charge in [-0.1, -0.05) is 41.9 Å². The summed E-state index contributed by atoms with van der Waals surface area (Å²) in [5.74, 6) is 0.359. The Bertz CT molecular complexity index is 438. The van der Waals surface area contributed by atoms with E-state index in [9.17, 15) is 0 Å². The second kappa shape index (κ2) is 5.48. The summed E-state index contributed by atoms with van der Waals surface area (Å²) in [6, 6.07) is 12.3. The van der Waals surface area contributed by atoms with Gasteiger partial charge < -0.3 is 5.73 Å². The van der Waals surface area contributed by atoms with Gasteiger partial charge in [0, 0.05) is 10.8 Å². The molecule has 1 heterocycles. The highest BCUT2D eigenvalue weighted by atomic mass is 35.5. The normalized spacial score (nSPS) is 12.6. The van der Waals surface area contributed by atoms with Crippen molar-refractivity contribution in [1.82, 2.24) is 0 Å². The second-order valence-electron chi connectivity index (χ2n) is 3.74. The van der Waals surface area contributed by atoms with E-state index in [1.54, 1.807) is 11.3 Å². The van der Waals surface area contributed by atoms with Gasteiger partial charge in [0.15, 0.2) is 0 Å². The molecule has 2 rings (SSSR count). The van der Waals surface area contributed by atoms with Gasteiger partial charge in [-0.25, -0.2) is 0 Å². The quantitative estimate of drug-likeness (QED) is 0.881. The van der Waals surface area contributed by atoms with E-state index in [0.29, 0.717) is 12.5 Å². The SMILES string of the molecule is NCC(Cc1sccc1Cl)c1ccccc1. The van der Waals surface area contributed by atoms with Gasteiger partial charge in [-0.3, -0.25) is 0 Å². The highest BCUT2D eigenvalue weighted by molar-refractivity contribution is 7.10. The van der Waals surface area contributed by atoms with E-state index in [-0.39, 0.29) is 0 Å². The molecule has 84 valence electrons. The molecule has 3 heteroatoms. The smallest absolute Gasteiger partial charge is 0.0545 e. The Labute approximate surface area is 105 Å². The van der Waals surface area contributed by atoms with Crippen molar-refractivity contribution in [3.63, 3.8) is 0 Å². The van der Waals surface area contributed by atoms with E-state index in [4.69, 9.17) is 17.3 Å². The largest absolute Gasteiger partial charge is 0.330 e. The number of hydrogen-bond acceptors (Lipinski definition) is 2. The number of hydrogen-bond donors (Lipinski definition) is 1. The van der Waals surface area contributed by atoms with Crippen LogP contribution in [-0.4, -0.2) is 6.54 Å². The number of nitrogens with two attached hydrogens (primary N) is 1. The van der Waals surface area contributed by atoms with E-state index in [1.165, 1.54) is 10.4 Å². The molecular formula is C13H14ClNS. The fraction of sp³-hybridized carbons (Fsp3) is 0.231. The van der Waals surface area contributed by atoms with Crippen LogP contribution in [0, 0.1) is 0 Å². The minimum absolute atomic E-state index is 0.359.